The third-order valence-corrected chi connectivity index (χ3v) is 6.01. The van der Waals surface area contributed by atoms with E-state index in [-0.39, 0.29) is 19.6 Å². The van der Waals surface area contributed by atoms with Gasteiger partial charge in [0.15, 0.2) is 0 Å². The number of hydrogen-bond acceptors (Lipinski definition) is 5. The van der Waals surface area contributed by atoms with Gasteiger partial charge in [0.05, 0.1) is 24.3 Å². The highest BCUT2D eigenvalue weighted by Crippen LogP contribution is 2.25. The largest absolute Gasteiger partial charge is 0.481 e. The van der Waals surface area contributed by atoms with Gasteiger partial charge in [0.1, 0.15) is 12.0 Å². The predicted molar refractivity (Wildman–Crippen MR) is 119 cm³/mol. The fraction of sp³-hybridized carbons (Fsp3) is 0.375. The summed E-state index contributed by atoms with van der Waals surface area (Å²) in [7, 11) is 1.49. The summed E-state index contributed by atoms with van der Waals surface area (Å²) in [4.78, 5) is 23.3. The zero-order valence-corrected chi connectivity index (χ0v) is 18.3. The van der Waals surface area contributed by atoms with Gasteiger partial charge in [-0.25, -0.2) is 18.6 Å². The van der Waals surface area contributed by atoms with Gasteiger partial charge in [0.25, 0.3) is 0 Å². The summed E-state index contributed by atoms with van der Waals surface area (Å²) in [5.74, 6) is -0.536. The third-order valence-electron chi connectivity index (χ3n) is 6.01. The van der Waals surface area contributed by atoms with Crippen molar-refractivity contribution in [2.75, 3.05) is 33.3 Å². The number of fused-ring (bicyclic) bond motifs is 1. The number of ether oxygens (including phenoxy) is 1. The fourth-order valence-corrected chi connectivity index (χ4v) is 4.27. The minimum atomic E-state index is -1.15. The molecule has 1 N–H and O–H groups in total. The Morgan fingerprint density at radius 1 is 1.24 bits per heavy atom. The molecule has 9 heteroatoms. The van der Waals surface area contributed by atoms with Gasteiger partial charge in [-0.2, -0.15) is 0 Å². The van der Waals surface area contributed by atoms with Crippen LogP contribution < -0.4 is 4.74 Å². The van der Waals surface area contributed by atoms with Crippen molar-refractivity contribution in [3.05, 3.63) is 65.6 Å². The van der Waals surface area contributed by atoms with Crippen LogP contribution in [0.2, 0.25) is 0 Å². The molecule has 1 aromatic carbocycles. The first-order valence-electron chi connectivity index (χ1n) is 10.8. The molecular formula is C24H26F2N4O3. The van der Waals surface area contributed by atoms with Gasteiger partial charge in [-0.3, -0.25) is 9.88 Å². The van der Waals surface area contributed by atoms with E-state index < -0.39 is 24.0 Å². The van der Waals surface area contributed by atoms with Crippen molar-refractivity contribution in [2.45, 2.75) is 19.1 Å². The number of likely N-dealkylation sites (tertiary alicyclic amines) is 1. The first-order valence-corrected chi connectivity index (χ1v) is 10.8. The number of carboxylic acid groups (broad SMARTS) is 1. The highest BCUT2D eigenvalue weighted by molar-refractivity contribution is 5.78. The molecule has 174 valence electrons. The highest BCUT2D eigenvalue weighted by Gasteiger charge is 2.35. The van der Waals surface area contributed by atoms with E-state index >= 15 is 0 Å². The van der Waals surface area contributed by atoms with Crippen molar-refractivity contribution in [2.24, 2.45) is 5.92 Å². The topological polar surface area (TPSA) is 78.8 Å². The summed E-state index contributed by atoms with van der Waals surface area (Å²) in [6.07, 6.45) is -0.725. The molecule has 0 aliphatic carbocycles. The molecule has 1 aliphatic rings. The molecule has 0 bridgehead atoms. The number of halogens is 2. The Kier molecular flexibility index (Phi) is 6.98. The van der Waals surface area contributed by atoms with Crippen molar-refractivity contribution >= 4 is 17.1 Å². The van der Waals surface area contributed by atoms with Crippen molar-refractivity contribution in [1.29, 1.82) is 0 Å². The summed E-state index contributed by atoms with van der Waals surface area (Å²) in [5, 5.41) is 9.60. The number of alkyl halides is 1. The van der Waals surface area contributed by atoms with Crippen LogP contribution in [0.3, 0.4) is 0 Å². The summed E-state index contributed by atoms with van der Waals surface area (Å²) in [6.45, 7) is 1.33. The first kappa shape index (κ1) is 22.8. The average molecular weight is 456 g/mol. The molecule has 0 spiro atoms. The molecule has 0 unspecified atom stereocenters. The van der Waals surface area contributed by atoms with Crippen LogP contribution in [0.5, 0.6) is 5.88 Å². The first-order chi connectivity index (χ1) is 15.9. The summed E-state index contributed by atoms with van der Waals surface area (Å²) in [5.41, 5.74) is 2.26. The number of aromatic nitrogens is 2. The van der Waals surface area contributed by atoms with Crippen LogP contribution in [-0.2, 0) is 13.0 Å². The maximum atomic E-state index is 14.8. The molecule has 7 nitrogen and oxygen atoms in total. The van der Waals surface area contributed by atoms with E-state index in [1.165, 1.54) is 18.2 Å². The standard InChI is InChI=1S/C24H26F2N4O3/c1-33-22-8-7-21-23(28-22)18(19(25)11-27-21)9-10-29-13-17(20(26)15-29)14-30(24(31)32)12-16-5-3-2-4-6-16/h2-8,11,17,20H,9-10,12-15H2,1H3,(H,31,32)/t17-,20+/m1/s1. The fourth-order valence-electron chi connectivity index (χ4n) is 4.27. The molecule has 3 aromatic rings. The Morgan fingerprint density at radius 2 is 2.03 bits per heavy atom. The maximum absolute atomic E-state index is 14.8. The lowest BCUT2D eigenvalue weighted by Gasteiger charge is -2.24. The molecule has 0 radical (unpaired) electrons. The Bertz CT molecular complexity index is 1120. The van der Waals surface area contributed by atoms with Gasteiger partial charge in [-0.15, -0.1) is 0 Å². The van der Waals surface area contributed by atoms with Crippen LogP contribution in [0.25, 0.3) is 11.0 Å². The van der Waals surface area contributed by atoms with Crippen molar-refractivity contribution < 1.29 is 23.4 Å². The number of rotatable bonds is 8. The maximum Gasteiger partial charge on any atom is 0.407 e. The Morgan fingerprint density at radius 3 is 2.76 bits per heavy atom. The van der Waals surface area contributed by atoms with Gasteiger partial charge >= 0.3 is 6.09 Å². The van der Waals surface area contributed by atoms with E-state index in [4.69, 9.17) is 4.74 Å². The number of nitrogens with zero attached hydrogens (tertiary/aromatic N) is 4. The number of carbonyl (C=O) groups is 1. The lowest BCUT2D eigenvalue weighted by Crippen LogP contribution is -2.37. The van der Waals surface area contributed by atoms with E-state index in [2.05, 4.69) is 9.97 Å². The molecule has 4 rings (SSSR count). The quantitative estimate of drug-likeness (QED) is 0.556. The number of pyridine rings is 2. The van der Waals surface area contributed by atoms with Gasteiger partial charge in [-0.1, -0.05) is 30.3 Å². The van der Waals surface area contributed by atoms with Gasteiger partial charge in [-0.05, 0) is 18.1 Å². The van der Waals surface area contributed by atoms with Gasteiger partial charge in [0, 0.05) is 50.3 Å². The Hall–Kier alpha value is -3.33. The van der Waals surface area contributed by atoms with Crippen LogP contribution >= 0.6 is 0 Å². The lowest BCUT2D eigenvalue weighted by atomic mass is 10.1. The lowest BCUT2D eigenvalue weighted by molar-refractivity contribution is 0.125. The molecule has 33 heavy (non-hydrogen) atoms. The molecule has 2 atom stereocenters. The second-order valence-electron chi connectivity index (χ2n) is 8.24. The second kappa shape index (κ2) is 10.1. The molecule has 2 aromatic heterocycles. The molecule has 1 aliphatic heterocycles. The SMILES string of the molecule is COc1ccc2ncc(F)c(CCN3C[C@H](CN(Cc4ccccc4)C(=O)O)[C@@H](F)C3)c2n1. The minimum Gasteiger partial charge on any atom is -0.481 e. The zero-order chi connectivity index (χ0) is 23.4. The Balaban J connectivity index is 1.41. The summed E-state index contributed by atoms with van der Waals surface area (Å²) >= 11 is 0. The molecule has 1 saturated heterocycles. The second-order valence-corrected chi connectivity index (χ2v) is 8.24. The van der Waals surface area contributed by atoms with Crippen LogP contribution in [0.1, 0.15) is 11.1 Å². The average Bonchev–Trinajstić information content (AvgIpc) is 3.17. The smallest absolute Gasteiger partial charge is 0.407 e. The Labute approximate surface area is 190 Å². The molecule has 0 saturated carbocycles. The van der Waals surface area contributed by atoms with Crippen LogP contribution in [-0.4, -0.2) is 70.4 Å². The monoisotopic (exact) mass is 456 g/mol. The molecule has 1 amide bonds. The van der Waals surface area contributed by atoms with Crippen molar-refractivity contribution in [3.8, 4) is 5.88 Å². The van der Waals surface area contributed by atoms with Crippen LogP contribution in [0.4, 0.5) is 13.6 Å². The number of methoxy groups -OCH3 is 1. The molecular weight excluding hydrogens is 430 g/mol. The van der Waals surface area contributed by atoms with Gasteiger partial charge < -0.3 is 14.7 Å². The highest BCUT2D eigenvalue weighted by atomic mass is 19.1. The predicted octanol–water partition coefficient (Wildman–Crippen LogP) is 3.77. The summed E-state index contributed by atoms with van der Waals surface area (Å²) < 4.78 is 34.5. The number of amides is 1. The number of benzene rings is 1. The van der Waals surface area contributed by atoms with Crippen molar-refractivity contribution in [1.82, 2.24) is 19.8 Å². The third kappa shape index (κ3) is 5.36. The van der Waals surface area contributed by atoms with E-state index in [1.54, 1.807) is 12.1 Å². The van der Waals surface area contributed by atoms with Crippen LogP contribution in [0, 0.1) is 11.7 Å². The molecule has 3 heterocycles. The summed E-state index contributed by atoms with van der Waals surface area (Å²) in [6, 6.07) is 12.6. The normalized spacial score (nSPS) is 18.5. The van der Waals surface area contributed by atoms with Crippen LogP contribution in [0.15, 0.2) is 48.7 Å². The number of hydrogen-bond donors (Lipinski definition) is 1. The zero-order valence-electron chi connectivity index (χ0n) is 18.3. The van der Waals surface area contributed by atoms with E-state index in [9.17, 15) is 18.7 Å². The van der Waals surface area contributed by atoms with E-state index in [1.807, 2.05) is 35.2 Å². The van der Waals surface area contributed by atoms with Crippen molar-refractivity contribution in [3.63, 3.8) is 0 Å². The van der Waals surface area contributed by atoms with Gasteiger partial charge in [0.2, 0.25) is 5.88 Å². The van der Waals surface area contributed by atoms with E-state index in [0.29, 0.717) is 42.0 Å². The molecule has 1 fully saturated rings. The minimum absolute atomic E-state index is 0.104. The van der Waals surface area contributed by atoms with E-state index in [0.717, 1.165) is 5.56 Å².